The number of aromatic nitrogens is 1. The highest BCUT2D eigenvalue weighted by molar-refractivity contribution is 8.15. The Balaban J connectivity index is 1.85. The normalized spacial score (nSPS) is 18.0. The summed E-state index contributed by atoms with van der Waals surface area (Å²) in [5.74, 6) is 0.391. The Morgan fingerprint density at radius 1 is 1.33 bits per heavy atom. The number of hydrogen-bond acceptors (Lipinski definition) is 5. The average molecular weight is 275 g/mol. The van der Waals surface area contributed by atoms with Crippen LogP contribution in [0.15, 0.2) is 17.1 Å². The Labute approximate surface area is 112 Å². The standard InChI is InChI=1S/C12H9N3OS2/c16-10-5-17-11(15-10)12-14-8-3-6-1-2-13-7(6)4-9(8)18-12/h3-4,13H,1-2,5H2. The van der Waals surface area contributed by atoms with Crippen molar-refractivity contribution >= 4 is 50.0 Å². The smallest absolute Gasteiger partial charge is 0.257 e. The van der Waals surface area contributed by atoms with Gasteiger partial charge in [-0.15, -0.1) is 11.3 Å². The molecule has 1 aromatic heterocycles. The number of fused-ring (bicyclic) bond motifs is 2. The third kappa shape index (κ3) is 1.56. The van der Waals surface area contributed by atoms with Crippen molar-refractivity contribution in [3.63, 3.8) is 0 Å². The molecule has 2 aliphatic heterocycles. The molecule has 0 aliphatic carbocycles. The van der Waals surface area contributed by atoms with Crippen molar-refractivity contribution in [1.82, 2.24) is 4.98 Å². The summed E-state index contributed by atoms with van der Waals surface area (Å²) in [6.45, 7) is 1.01. The van der Waals surface area contributed by atoms with Crippen LogP contribution >= 0.6 is 23.1 Å². The first-order valence-corrected chi connectivity index (χ1v) is 7.52. The molecule has 3 heterocycles. The predicted molar refractivity (Wildman–Crippen MR) is 75.8 cm³/mol. The molecule has 0 saturated heterocycles. The first kappa shape index (κ1) is 10.5. The van der Waals surface area contributed by atoms with Crippen molar-refractivity contribution in [3.05, 3.63) is 22.7 Å². The molecule has 0 saturated carbocycles. The number of carbonyl (C=O) groups excluding carboxylic acids is 1. The zero-order chi connectivity index (χ0) is 12.1. The van der Waals surface area contributed by atoms with Crippen LogP contribution in [0.1, 0.15) is 10.6 Å². The second-order valence-corrected chi connectivity index (χ2v) is 6.27. The lowest BCUT2D eigenvalue weighted by Crippen LogP contribution is -1.90. The van der Waals surface area contributed by atoms with Crippen LogP contribution in [0.5, 0.6) is 0 Å². The van der Waals surface area contributed by atoms with E-state index < -0.39 is 0 Å². The Morgan fingerprint density at radius 3 is 3.11 bits per heavy atom. The molecule has 0 bridgehead atoms. The van der Waals surface area contributed by atoms with Crippen LogP contribution in [0.2, 0.25) is 0 Å². The van der Waals surface area contributed by atoms with E-state index >= 15 is 0 Å². The molecule has 1 amide bonds. The molecule has 0 spiro atoms. The first-order valence-electron chi connectivity index (χ1n) is 5.71. The Morgan fingerprint density at radius 2 is 2.28 bits per heavy atom. The van der Waals surface area contributed by atoms with Crippen molar-refractivity contribution in [3.8, 4) is 0 Å². The van der Waals surface area contributed by atoms with Gasteiger partial charge in [-0.3, -0.25) is 4.79 Å². The number of amides is 1. The molecule has 4 nitrogen and oxygen atoms in total. The van der Waals surface area contributed by atoms with Crippen molar-refractivity contribution in [2.45, 2.75) is 6.42 Å². The number of nitrogens with one attached hydrogen (secondary N) is 1. The maximum atomic E-state index is 11.2. The van der Waals surface area contributed by atoms with Gasteiger partial charge in [-0.25, -0.2) is 9.98 Å². The molecule has 1 aromatic carbocycles. The van der Waals surface area contributed by atoms with Crippen LogP contribution in [0.3, 0.4) is 0 Å². The van der Waals surface area contributed by atoms with Crippen molar-refractivity contribution in [2.75, 3.05) is 17.6 Å². The Bertz CT molecular complexity index is 664. The van der Waals surface area contributed by atoms with Gasteiger partial charge in [0.2, 0.25) is 0 Å². The van der Waals surface area contributed by atoms with Gasteiger partial charge in [-0.1, -0.05) is 11.8 Å². The molecule has 18 heavy (non-hydrogen) atoms. The first-order chi connectivity index (χ1) is 8.79. The fourth-order valence-corrected chi connectivity index (χ4v) is 4.06. The molecule has 6 heteroatoms. The maximum absolute atomic E-state index is 11.2. The number of nitrogens with zero attached hydrogens (tertiary/aromatic N) is 2. The van der Waals surface area contributed by atoms with Gasteiger partial charge in [0, 0.05) is 12.2 Å². The minimum Gasteiger partial charge on any atom is -0.384 e. The van der Waals surface area contributed by atoms with Gasteiger partial charge in [0.15, 0.2) is 0 Å². The van der Waals surface area contributed by atoms with Crippen LogP contribution in [0.25, 0.3) is 10.2 Å². The van der Waals surface area contributed by atoms with E-state index in [2.05, 4.69) is 27.4 Å². The minimum absolute atomic E-state index is 0.0570. The average Bonchev–Trinajstić information content (AvgIpc) is 3.02. The van der Waals surface area contributed by atoms with Gasteiger partial charge in [-0.2, -0.15) is 0 Å². The number of anilines is 1. The van der Waals surface area contributed by atoms with Crippen LogP contribution in [-0.2, 0) is 11.2 Å². The van der Waals surface area contributed by atoms with Crippen molar-refractivity contribution in [2.24, 2.45) is 4.99 Å². The third-order valence-electron chi connectivity index (χ3n) is 3.06. The summed E-state index contributed by atoms with van der Waals surface area (Å²) in [6.07, 6.45) is 1.06. The van der Waals surface area contributed by atoms with Crippen LogP contribution in [-0.4, -0.2) is 28.2 Å². The van der Waals surface area contributed by atoms with Crippen LogP contribution in [0, 0.1) is 0 Å². The van der Waals surface area contributed by atoms with E-state index in [1.165, 1.54) is 23.0 Å². The maximum Gasteiger partial charge on any atom is 0.257 e. The van der Waals surface area contributed by atoms with Gasteiger partial charge in [0.25, 0.3) is 5.91 Å². The third-order valence-corrected chi connectivity index (χ3v) is 5.17. The molecule has 90 valence electrons. The summed E-state index contributed by atoms with van der Waals surface area (Å²) in [4.78, 5) is 19.8. The Hall–Kier alpha value is -1.40. The monoisotopic (exact) mass is 275 g/mol. The van der Waals surface area contributed by atoms with E-state index in [1.54, 1.807) is 11.3 Å². The minimum atomic E-state index is -0.0570. The predicted octanol–water partition coefficient (Wildman–Crippen LogP) is 2.28. The van der Waals surface area contributed by atoms with E-state index in [-0.39, 0.29) is 5.91 Å². The quantitative estimate of drug-likeness (QED) is 0.867. The number of thiazole rings is 1. The molecule has 0 atom stereocenters. The molecule has 1 N–H and O–H groups in total. The number of hydrogen-bond donors (Lipinski definition) is 1. The SMILES string of the molecule is O=C1CSC(c2nc3cc4c(cc3s2)NCC4)=N1. The molecule has 0 radical (unpaired) electrons. The molecule has 2 aliphatic rings. The van der Waals surface area contributed by atoms with E-state index in [0.29, 0.717) is 5.75 Å². The fourth-order valence-electron chi connectivity index (χ4n) is 2.23. The second kappa shape index (κ2) is 3.80. The summed E-state index contributed by atoms with van der Waals surface area (Å²) >= 11 is 3.09. The van der Waals surface area contributed by atoms with Gasteiger partial charge < -0.3 is 5.32 Å². The summed E-state index contributed by atoms with van der Waals surface area (Å²) in [7, 11) is 0. The zero-order valence-corrected chi connectivity index (χ0v) is 11.0. The van der Waals surface area contributed by atoms with Crippen LogP contribution < -0.4 is 5.32 Å². The van der Waals surface area contributed by atoms with E-state index in [1.807, 2.05) is 0 Å². The topological polar surface area (TPSA) is 54.4 Å². The molecule has 0 fully saturated rings. The number of carbonyl (C=O) groups is 1. The van der Waals surface area contributed by atoms with Crippen LogP contribution in [0.4, 0.5) is 5.69 Å². The summed E-state index contributed by atoms with van der Waals surface area (Å²) in [6, 6.07) is 4.30. The van der Waals surface area contributed by atoms with E-state index in [0.717, 1.165) is 33.2 Å². The summed E-state index contributed by atoms with van der Waals surface area (Å²) in [5.41, 5.74) is 3.56. The lowest BCUT2D eigenvalue weighted by Gasteiger charge is -1.97. The second-order valence-electron chi connectivity index (χ2n) is 4.27. The Kier molecular flexibility index (Phi) is 2.22. The molecule has 0 unspecified atom stereocenters. The lowest BCUT2D eigenvalue weighted by atomic mass is 10.1. The van der Waals surface area contributed by atoms with Crippen molar-refractivity contribution < 1.29 is 4.79 Å². The molecular formula is C12H9N3OS2. The highest BCUT2D eigenvalue weighted by atomic mass is 32.2. The van der Waals surface area contributed by atoms with Crippen molar-refractivity contribution in [1.29, 1.82) is 0 Å². The molecule has 2 aromatic rings. The van der Waals surface area contributed by atoms with Gasteiger partial charge in [0.1, 0.15) is 10.1 Å². The molecular weight excluding hydrogens is 266 g/mol. The number of benzene rings is 1. The fraction of sp³-hybridized carbons (Fsp3) is 0.250. The number of rotatable bonds is 1. The lowest BCUT2D eigenvalue weighted by molar-refractivity contribution is -0.115. The zero-order valence-electron chi connectivity index (χ0n) is 9.40. The highest BCUT2D eigenvalue weighted by Gasteiger charge is 2.21. The van der Waals surface area contributed by atoms with Gasteiger partial charge in [-0.05, 0) is 24.1 Å². The van der Waals surface area contributed by atoms with Gasteiger partial charge in [0.05, 0.1) is 16.0 Å². The highest BCUT2D eigenvalue weighted by Crippen LogP contribution is 2.33. The number of thioether (sulfide) groups is 1. The largest absolute Gasteiger partial charge is 0.384 e. The van der Waals surface area contributed by atoms with Gasteiger partial charge >= 0.3 is 0 Å². The van der Waals surface area contributed by atoms with E-state index in [9.17, 15) is 4.79 Å². The van der Waals surface area contributed by atoms with E-state index in [4.69, 9.17) is 0 Å². The number of aliphatic imine (C=N–C) groups is 1. The summed E-state index contributed by atoms with van der Waals surface area (Å²) in [5, 5.41) is 5.01. The molecule has 4 rings (SSSR count). The summed E-state index contributed by atoms with van der Waals surface area (Å²) < 4.78 is 1.15.